The Hall–Kier alpha value is -4.26. The Morgan fingerprint density at radius 3 is 2.44 bits per heavy atom. The van der Waals surface area contributed by atoms with Gasteiger partial charge in [-0.3, -0.25) is 4.90 Å². The topological polar surface area (TPSA) is 71.3 Å². The number of aryl methyl sites for hydroxylation is 2. The molecule has 0 saturated carbocycles. The SMILES string of the molecule is CC1=C(c2nc(-c3cccc(C)c3)no2)C(c2cccc(F)c2)NC(=O)N1c1ccc(C)cc1. The molecule has 1 unspecified atom stereocenters. The zero-order valence-electron chi connectivity index (χ0n) is 19.0. The van der Waals surface area contributed by atoms with Crippen LogP contribution in [0.25, 0.3) is 17.0 Å². The number of nitrogens with one attached hydrogen (secondary N) is 1. The average Bonchev–Trinajstić information content (AvgIpc) is 3.30. The molecular formula is C27H23FN4O2. The Labute approximate surface area is 196 Å². The minimum absolute atomic E-state index is 0.264. The van der Waals surface area contributed by atoms with Gasteiger partial charge in [-0.2, -0.15) is 4.98 Å². The molecule has 1 aliphatic heterocycles. The van der Waals surface area contributed by atoms with Crippen LogP contribution < -0.4 is 10.2 Å². The van der Waals surface area contributed by atoms with Crippen molar-refractivity contribution in [2.75, 3.05) is 4.90 Å². The van der Waals surface area contributed by atoms with Gasteiger partial charge < -0.3 is 9.84 Å². The molecule has 0 spiro atoms. The number of benzene rings is 3. The normalized spacial score (nSPS) is 16.1. The van der Waals surface area contributed by atoms with Gasteiger partial charge in [-0.15, -0.1) is 0 Å². The Morgan fingerprint density at radius 1 is 0.941 bits per heavy atom. The van der Waals surface area contributed by atoms with Crippen LogP contribution in [0.2, 0.25) is 0 Å². The molecule has 0 fully saturated rings. The third kappa shape index (κ3) is 3.96. The predicted molar refractivity (Wildman–Crippen MR) is 128 cm³/mol. The second-order valence-electron chi connectivity index (χ2n) is 8.40. The van der Waals surface area contributed by atoms with Gasteiger partial charge in [0.2, 0.25) is 5.82 Å². The number of aromatic nitrogens is 2. The number of carbonyl (C=O) groups is 1. The van der Waals surface area contributed by atoms with Crippen molar-refractivity contribution in [3.63, 3.8) is 0 Å². The maximum absolute atomic E-state index is 14.1. The van der Waals surface area contributed by atoms with E-state index in [1.165, 1.54) is 12.1 Å². The molecule has 4 aromatic rings. The molecule has 170 valence electrons. The smallest absolute Gasteiger partial charge is 0.326 e. The number of hydrogen-bond donors (Lipinski definition) is 1. The van der Waals surface area contributed by atoms with Crippen molar-refractivity contribution in [2.45, 2.75) is 26.8 Å². The van der Waals surface area contributed by atoms with Crippen molar-refractivity contribution >= 4 is 17.3 Å². The average molecular weight is 455 g/mol. The predicted octanol–water partition coefficient (Wildman–Crippen LogP) is 6.19. The highest BCUT2D eigenvalue weighted by atomic mass is 19.1. The molecule has 34 heavy (non-hydrogen) atoms. The van der Waals surface area contributed by atoms with Gasteiger partial charge in [-0.25, -0.2) is 9.18 Å². The lowest BCUT2D eigenvalue weighted by Gasteiger charge is -2.35. The third-order valence-corrected chi connectivity index (χ3v) is 5.89. The largest absolute Gasteiger partial charge is 0.334 e. The van der Waals surface area contributed by atoms with Gasteiger partial charge in [-0.05, 0) is 56.7 Å². The van der Waals surface area contributed by atoms with Crippen LogP contribution >= 0.6 is 0 Å². The van der Waals surface area contributed by atoms with Crippen LogP contribution in [0.1, 0.15) is 35.5 Å². The molecule has 1 atom stereocenters. The summed E-state index contributed by atoms with van der Waals surface area (Å²) in [5.41, 5.74) is 5.51. The fourth-order valence-corrected chi connectivity index (χ4v) is 4.20. The van der Waals surface area contributed by atoms with E-state index < -0.39 is 11.9 Å². The summed E-state index contributed by atoms with van der Waals surface area (Å²) in [6, 6.07) is 20.6. The fraction of sp³-hybridized carbons (Fsp3) is 0.148. The molecule has 0 radical (unpaired) electrons. The minimum atomic E-state index is -0.657. The monoisotopic (exact) mass is 454 g/mol. The first kappa shape index (κ1) is 21.6. The lowest BCUT2D eigenvalue weighted by Crippen LogP contribution is -2.46. The van der Waals surface area contributed by atoms with Crippen molar-refractivity contribution in [1.29, 1.82) is 0 Å². The summed E-state index contributed by atoms with van der Waals surface area (Å²) >= 11 is 0. The van der Waals surface area contributed by atoms with Crippen LogP contribution in [0.4, 0.5) is 14.9 Å². The lowest BCUT2D eigenvalue weighted by molar-refractivity contribution is 0.244. The number of hydrogen-bond acceptors (Lipinski definition) is 4. The van der Waals surface area contributed by atoms with E-state index in [-0.39, 0.29) is 11.9 Å². The summed E-state index contributed by atoms with van der Waals surface area (Å²) < 4.78 is 19.8. The fourth-order valence-electron chi connectivity index (χ4n) is 4.20. The highest BCUT2D eigenvalue weighted by Gasteiger charge is 2.36. The molecule has 6 nitrogen and oxygen atoms in total. The van der Waals surface area contributed by atoms with Crippen LogP contribution in [-0.4, -0.2) is 16.2 Å². The van der Waals surface area contributed by atoms with E-state index in [9.17, 15) is 9.18 Å². The Bertz CT molecular complexity index is 1410. The summed E-state index contributed by atoms with van der Waals surface area (Å²) in [5.74, 6) is 0.312. The molecule has 7 heteroatoms. The van der Waals surface area contributed by atoms with Gasteiger partial charge in [0.15, 0.2) is 0 Å². The van der Waals surface area contributed by atoms with E-state index in [0.717, 1.165) is 16.7 Å². The second-order valence-corrected chi connectivity index (χ2v) is 8.40. The number of amides is 2. The molecule has 0 aliphatic carbocycles. The van der Waals surface area contributed by atoms with Gasteiger partial charge >= 0.3 is 6.03 Å². The van der Waals surface area contributed by atoms with E-state index in [4.69, 9.17) is 4.52 Å². The zero-order valence-corrected chi connectivity index (χ0v) is 19.0. The molecule has 1 aromatic heterocycles. The van der Waals surface area contributed by atoms with Crippen LogP contribution in [0.5, 0.6) is 0 Å². The summed E-state index contributed by atoms with van der Waals surface area (Å²) in [6.45, 7) is 5.81. The van der Waals surface area contributed by atoms with E-state index in [1.54, 1.807) is 17.0 Å². The van der Waals surface area contributed by atoms with Crippen molar-refractivity contribution in [3.8, 4) is 11.4 Å². The molecule has 0 bridgehead atoms. The highest BCUT2D eigenvalue weighted by molar-refractivity contribution is 6.01. The molecule has 5 rings (SSSR count). The molecule has 1 N–H and O–H groups in total. The first-order valence-corrected chi connectivity index (χ1v) is 11.0. The van der Waals surface area contributed by atoms with Crippen LogP contribution in [0.15, 0.2) is 83.0 Å². The first-order valence-electron chi connectivity index (χ1n) is 11.0. The molecule has 1 aliphatic rings. The van der Waals surface area contributed by atoms with E-state index >= 15 is 0 Å². The van der Waals surface area contributed by atoms with Crippen molar-refractivity contribution in [2.24, 2.45) is 0 Å². The van der Waals surface area contributed by atoms with E-state index in [2.05, 4.69) is 15.5 Å². The lowest BCUT2D eigenvalue weighted by atomic mass is 9.94. The highest BCUT2D eigenvalue weighted by Crippen LogP contribution is 2.39. The van der Waals surface area contributed by atoms with Crippen molar-refractivity contribution < 1.29 is 13.7 Å². The first-order chi connectivity index (χ1) is 16.4. The second kappa shape index (κ2) is 8.59. The van der Waals surface area contributed by atoms with Crippen LogP contribution in [0.3, 0.4) is 0 Å². The Morgan fingerprint density at radius 2 is 1.71 bits per heavy atom. The number of allylic oxidation sites excluding steroid dienone is 1. The Balaban J connectivity index is 1.66. The van der Waals surface area contributed by atoms with Gasteiger partial charge in [-0.1, -0.05) is 58.7 Å². The molecule has 2 amide bonds. The third-order valence-electron chi connectivity index (χ3n) is 5.89. The van der Waals surface area contributed by atoms with Gasteiger partial charge in [0, 0.05) is 11.3 Å². The zero-order chi connectivity index (χ0) is 23.8. The molecular weight excluding hydrogens is 431 g/mol. The summed E-state index contributed by atoms with van der Waals surface area (Å²) in [4.78, 5) is 19.4. The quantitative estimate of drug-likeness (QED) is 0.399. The standard InChI is InChI=1S/C27H23FN4O2/c1-16-10-12-22(13-11-16)32-18(3)23(24(29-27(32)33)19-7-5-9-21(28)15-19)26-30-25(31-34-26)20-8-4-6-17(2)14-20/h4-15,24H,1-3H3,(H,29,33). The van der Waals surface area contributed by atoms with E-state index in [1.807, 2.05) is 69.3 Å². The number of halogens is 1. The number of carbonyl (C=O) groups excluding carboxylic acids is 1. The number of rotatable bonds is 4. The number of urea groups is 1. The molecule has 3 aromatic carbocycles. The van der Waals surface area contributed by atoms with Gasteiger partial charge in [0.25, 0.3) is 5.89 Å². The minimum Gasteiger partial charge on any atom is -0.334 e. The van der Waals surface area contributed by atoms with Crippen LogP contribution in [0, 0.1) is 19.7 Å². The Kier molecular flexibility index (Phi) is 5.45. The molecule has 0 saturated heterocycles. The van der Waals surface area contributed by atoms with Crippen molar-refractivity contribution in [3.05, 3.63) is 107 Å². The number of nitrogens with zero attached hydrogens (tertiary/aromatic N) is 3. The molecule has 2 heterocycles. The van der Waals surface area contributed by atoms with Gasteiger partial charge in [0.05, 0.1) is 17.3 Å². The summed E-state index contributed by atoms with van der Waals surface area (Å²) in [5, 5.41) is 7.18. The number of anilines is 1. The summed E-state index contributed by atoms with van der Waals surface area (Å²) in [7, 11) is 0. The van der Waals surface area contributed by atoms with Crippen LogP contribution in [-0.2, 0) is 0 Å². The van der Waals surface area contributed by atoms with Gasteiger partial charge in [0.1, 0.15) is 5.82 Å². The van der Waals surface area contributed by atoms with Crippen molar-refractivity contribution in [1.82, 2.24) is 15.5 Å². The van der Waals surface area contributed by atoms with E-state index in [0.29, 0.717) is 28.3 Å². The maximum Gasteiger partial charge on any atom is 0.326 e. The summed E-state index contributed by atoms with van der Waals surface area (Å²) in [6.07, 6.45) is 0. The maximum atomic E-state index is 14.1.